The molecule has 0 aliphatic rings. The molecule has 0 aliphatic heterocycles. The maximum Gasteiger partial charge on any atom is 1.00 e. The zero-order valence-corrected chi connectivity index (χ0v) is 18.6. The summed E-state index contributed by atoms with van der Waals surface area (Å²) in [6.45, 7) is 0. The summed E-state index contributed by atoms with van der Waals surface area (Å²) in [5.74, 6) is 0. The molecular formula is H2KNaO16S4. The predicted molar refractivity (Wildman–Crippen MR) is 46.8 cm³/mol. The van der Waals surface area contributed by atoms with E-state index in [9.17, 15) is 42.8 Å². The second-order valence-electron chi connectivity index (χ2n) is 1.94. The van der Waals surface area contributed by atoms with Gasteiger partial charge in [0.1, 0.15) is 0 Å². The molecule has 16 nitrogen and oxygen atoms in total. The third-order valence-electron chi connectivity index (χ3n) is 0.394. The van der Waals surface area contributed by atoms with E-state index in [4.69, 9.17) is 9.11 Å². The summed E-state index contributed by atoms with van der Waals surface area (Å²) in [5, 5.41) is 0. The van der Waals surface area contributed by atoms with Crippen molar-refractivity contribution in [2.24, 2.45) is 0 Å². The maximum atomic E-state index is 9.48. The van der Waals surface area contributed by atoms with E-state index in [-0.39, 0.29) is 80.9 Å². The molecule has 0 bridgehead atoms. The van der Waals surface area contributed by atoms with Crippen molar-refractivity contribution >= 4 is 41.6 Å². The van der Waals surface area contributed by atoms with E-state index in [0.29, 0.717) is 0 Å². The van der Waals surface area contributed by atoms with Crippen molar-refractivity contribution in [3.63, 3.8) is 0 Å². The van der Waals surface area contributed by atoms with Crippen LogP contribution in [0, 0.1) is 0 Å². The molecule has 0 fully saturated rings. The summed E-state index contributed by atoms with van der Waals surface area (Å²) in [4.78, 5) is 0. The number of hydrogen-bond donors (Lipinski definition) is 2. The van der Waals surface area contributed by atoms with Gasteiger partial charge in [0.15, 0.2) is 0 Å². The van der Waals surface area contributed by atoms with E-state index in [2.05, 4.69) is 17.3 Å². The Morgan fingerprint density at radius 3 is 0.818 bits per heavy atom. The van der Waals surface area contributed by atoms with Crippen molar-refractivity contribution < 1.29 is 150 Å². The van der Waals surface area contributed by atoms with Crippen LogP contribution in [0.2, 0.25) is 0 Å². The molecule has 22 heteroatoms. The summed E-state index contributed by atoms with van der Waals surface area (Å²) in [6, 6.07) is 0. The van der Waals surface area contributed by atoms with Crippen LogP contribution in [0.4, 0.5) is 0 Å². The van der Waals surface area contributed by atoms with Crippen LogP contribution < -0.4 is 80.9 Å². The molecule has 0 aliphatic carbocycles. The molecular weight excluding hydrogens is 446 g/mol. The molecule has 0 rings (SSSR count). The molecule has 2 N–H and O–H groups in total. The molecule has 0 aromatic rings. The Bertz CT molecular complexity index is 562. The van der Waals surface area contributed by atoms with Crippen molar-refractivity contribution in [3.05, 3.63) is 0 Å². The summed E-state index contributed by atoms with van der Waals surface area (Å²) in [7, 11) is -20.7. The van der Waals surface area contributed by atoms with Crippen molar-refractivity contribution in [1.82, 2.24) is 0 Å². The summed E-state index contributed by atoms with van der Waals surface area (Å²) in [5.41, 5.74) is 0. The third kappa shape index (κ3) is 38.0. The van der Waals surface area contributed by atoms with Gasteiger partial charge in [-0.1, -0.05) is 17.3 Å². The molecule has 124 valence electrons. The van der Waals surface area contributed by atoms with E-state index < -0.39 is 41.6 Å². The quantitative estimate of drug-likeness (QED) is 0.125. The second kappa shape index (κ2) is 12.5. The van der Waals surface area contributed by atoms with Gasteiger partial charge >= 0.3 is 102 Å². The molecule has 0 aromatic heterocycles. The summed E-state index contributed by atoms with van der Waals surface area (Å²) < 4.78 is 120. The van der Waals surface area contributed by atoms with E-state index in [0.717, 1.165) is 0 Å². The first kappa shape index (κ1) is 31.8. The van der Waals surface area contributed by atoms with Crippen molar-refractivity contribution in [2.75, 3.05) is 0 Å². The molecule has 0 saturated heterocycles. The van der Waals surface area contributed by atoms with Crippen LogP contribution in [0.3, 0.4) is 0 Å². The number of hydrogen-bond acceptors (Lipinski definition) is 14. The molecule has 22 heavy (non-hydrogen) atoms. The first-order valence-corrected chi connectivity index (χ1v) is 8.43. The first-order chi connectivity index (χ1) is 8.41. The maximum absolute atomic E-state index is 9.48. The zero-order chi connectivity index (χ0) is 16.8. The monoisotopic (exact) mass is 448 g/mol. The first-order valence-electron chi connectivity index (χ1n) is 3.03. The average molecular weight is 448 g/mol. The Hall–Kier alpha value is 2.12. The smallest absolute Gasteiger partial charge is 0.724 e. The largest absolute Gasteiger partial charge is 1.00 e. The Morgan fingerprint density at radius 1 is 0.591 bits per heavy atom. The van der Waals surface area contributed by atoms with Crippen LogP contribution in [0.25, 0.3) is 0 Å². The van der Waals surface area contributed by atoms with Crippen molar-refractivity contribution in [2.45, 2.75) is 0 Å². The van der Waals surface area contributed by atoms with Gasteiger partial charge in [0.05, 0.1) is 0 Å². The molecule has 0 aromatic carbocycles. The van der Waals surface area contributed by atoms with Crippen molar-refractivity contribution in [3.8, 4) is 0 Å². The van der Waals surface area contributed by atoms with Gasteiger partial charge < -0.3 is 9.11 Å². The van der Waals surface area contributed by atoms with E-state index in [1.807, 2.05) is 0 Å². The summed E-state index contributed by atoms with van der Waals surface area (Å²) in [6.07, 6.45) is 0. The molecule has 0 saturated carbocycles. The fourth-order valence-electron chi connectivity index (χ4n) is 0.138. The Kier molecular flexibility index (Phi) is 18.0. The minimum atomic E-state index is -5.27. The zero-order valence-electron chi connectivity index (χ0n) is 10.2. The molecule has 0 amide bonds. The molecule has 0 atom stereocenters. The minimum absolute atomic E-state index is 0. The number of rotatable bonds is 6. The second-order valence-corrected chi connectivity index (χ2v) is 5.83. The molecule has 0 unspecified atom stereocenters. The molecule has 0 spiro atoms. The van der Waals surface area contributed by atoms with E-state index in [1.54, 1.807) is 0 Å². The van der Waals surface area contributed by atoms with Crippen LogP contribution in [0.1, 0.15) is 0 Å². The van der Waals surface area contributed by atoms with Gasteiger partial charge in [-0.2, -0.15) is 16.8 Å². The molecule has 0 heterocycles. The van der Waals surface area contributed by atoms with Gasteiger partial charge in [0, 0.05) is 0 Å². The SMILES string of the molecule is O=S(=O)([O-])OOS(=O)(=O)O.O=S(=O)([O-])OOS(=O)(=O)O.[K+].[Na+]. The van der Waals surface area contributed by atoms with E-state index >= 15 is 0 Å². The van der Waals surface area contributed by atoms with Gasteiger partial charge in [0.2, 0.25) is 20.8 Å². The Balaban J connectivity index is -0.000000135. The third-order valence-corrected chi connectivity index (χ3v) is 1.52. The van der Waals surface area contributed by atoms with Crippen LogP contribution >= 0.6 is 0 Å². The Morgan fingerprint density at radius 2 is 0.773 bits per heavy atom. The summed E-state index contributed by atoms with van der Waals surface area (Å²) >= 11 is 0. The van der Waals surface area contributed by atoms with Gasteiger partial charge in [-0.15, -0.1) is 0 Å². The Labute approximate surface area is 188 Å². The average Bonchev–Trinajstić information content (AvgIpc) is 2.09. The van der Waals surface area contributed by atoms with E-state index in [1.165, 1.54) is 0 Å². The van der Waals surface area contributed by atoms with Crippen LogP contribution in [-0.2, 0) is 58.9 Å². The normalized spacial score (nSPS) is 12.2. The van der Waals surface area contributed by atoms with Gasteiger partial charge in [-0.3, -0.25) is 9.11 Å². The van der Waals surface area contributed by atoms with Crippen LogP contribution in [-0.4, -0.2) is 51.9 Å². The van der Waals surface area contributed by atoms with Gasteiger partial charge in [0.25, 0.3) is 0 Å². The predicted octanol–water partition coefficient (Wildman–Crippen LogP) is -9.60. The standard InChI is InChI=1S/K.Na.2H2O8S2/c;;2*1-9(2,3)7-8-10(4,5)6/h;;2*(H,1,2,3)(H,4,5,6)/q2*+1;;/p-2. The fraction of sp³-hybridized carbons (Fsp3) is 0. The minimum Gasteiger partial charge on any atom is -0.724 e. The molecule has 0 radical (unpaired) electrons. The van der Waals surface area contributed by atoms with Gasteiger partial charge in [-0.05, 0) is 0 Å². The van der Waals surface area contributed by atoms with Gasteiger partial charge in [-0.25, -0.2) is 16.8 Å². The topological polar surface area (TPSA) is 260 Å². The van der Waals surface area contributed by atoms with Crippen molar-refractivity contribution in [1.29, 1.82) is 0 Å². The fourth-order valence-corrected chi connectivity index (χ4v) is 1.24. The van der Waals surface area contributed by atoms with Crippen LogP contribution in [0.5, 0.6) is 0 Å². The van der Waals surface area contributed by atoms with Crippen LogP contribution in [0.15, 0.2) is 0 Å².